The van der Waals surface area contributed by atoms with Crippen LogP contribution in [0.15, 0.2) is 0 Å². The molecule has 0 radical (unpaired) electrons. The van der Waals surface area contributed by atoms with Crippen molar-refractivity contribution in [1.82, 2.24) is 0 Å². The Hall–Kier alpha value is 0.485. The van der Waals surface area contributed by atoms with Crippen molar-refractivity contribution in [2.24, 2.45) is 35.5 Å². The fourth-order valence-electron chi connectivity index (χ4n) is 7.16. The summed E-state index contributed by atoms with van der Waals surface area (Å²) in [6.45, 7) is 2.68. The molecule has 0 nitrogen and oxygen atoms in total. The molecule has 1 saturated heterocycles. The first-order valence-corrected chi connectivity index (χ1v) is 10.6. The fraction of sp³-hybridized carbons (Fsp3) is 1.00. The van der Waals surface area contributed by atoms with Gasteiger partial charge in [-0.15, -0.1) is 11.8 Å². The standard InChI is InChI=1S/C14H21S2.BF4/c1-13-5-9-7-4-8-10(9)6-14(15-2,16(13)3)12(8)11(7)13;2-1(3,4)5/h7-12H,4-6H2,1-3H3;/q+1;-1. The predicted octanol–water partition coefficient (Wildman–Crippen LogP) is 4.29. The molecule has 2 bridgehead atoms. The highest BCUT2D eigenvalue weighted by Gasteiger charge is 2.88. The van der Waals surface area contributed by atoms with Crippen LogP contribution in [0.5, 0.6) is 0 Å². The first kappa shape index (κ1) is 15.0. The van der Waals surface area contributed by atoms with Crippen LogP contribution in [0.2, 0.25) is 0 Å². The highest BCUT2D eigenvalue weighted by atomic mass is 32.2. The van der Waals surface area contributed by atoms with E-state index in [9.17, 15) is 17.3 Å². The van der Waals surface area contributed by atoms with E-state index in [2.05, 4.69) is 31.2 Å². The third-order valence-corrected chi connectivity index (χ3v) is 13.1. The molecular weight excluding hydrogens is 319 g/mol. The molecule has 0 amide bonds. The summed E-state index contributed by atoms with van der Waals surface area (Å²) in [6, 6.07) is 0. The van der Waals surface area contributed by atoms with E-state index in [1.54, 1.807) is 19.3 Å². The molecule has 0 N–H and O–H groups in total. The van der Waals surface area contributed by atoms with E-state index in [1.807, 2.05) is 0 Å². The Kier molecular flexibility index (Phi) is 2.95. The highest BCUT2D eigenvalue weighted by molar-refractivity contribution is 8.17. The number of hydrogen-bond donors (Lipinski definition) is 0. The molecule has 9 unspecified atom stereocenters. The summed E-state index contributed by atoms with van der Waals surface area (Å²) >= 11 is 2.28. The van der Waals surface area contributed by atoms with Crippen LogP contribution >= 0.6 is 11.8 Å². The smallest absolute Gasteiger partial charge is 0.418 e. The molecule has 4 aliphatic carbocycles. The van der Waals surface area contributed by atoms with Crippen LogP contribution in [0.3, 0.4) is 0 Å². The summed E-state index contributed by atoms with van der Waals surface area (Å²) in [5, 5.41) is 0. The topological polar surface area (TPSA) is 0 Å². The first-order chi connectivity index (χ1) is 9.63. The van der Waals surface area contributed by atoms with Gasteiger partial charge in [0.25, 0.3) is 0 Å². The Labute approximate surface area is 130 Å². The van der Waals surface area contributed by atoms with Crippen LogP contribution in [-0.4, -0.2) is 28.6 Å². The molecule has 0 aromatic rings. The second-order valence-corrected chi connectivity index (χ2v) is 11.8. The zero-order valence-corrected chi connectivity index (χ0v) is 14.1. The minimum absolute atomic E-state index is 0.686. The lowest BCUT2D eigenvalue weighted by Gasteiger charge is -2.28. The predicted molar refractivity (Wildman–Crippen MR) is 82.9 cm³/mol. The molecule has 4 saturated carbocycles. The Morgan fingerprint density at radius 1 is 1.00 bits per heavy atom. The van der Waals surface area contributed by atoms with Crippen LogP contribution < -0.4 is 0 Å². The first-order valence-electron chi connectivity index (χ1n) is 7.72. The summed E-state index contributed by atoms with van der Waals surface area (Å²) in [5.74, 6) is 6.99. The number of rotatable bonds is 1. The largest absolute Gasteiger partial charge is 0.673 e. The van der Waals surface area contributed by atoms with Gasteiger partial charge in [-0.1, -0.05) is 0 Å². The molecule has 0 aromatic heterocycles. The van der Waals surface area contributed by atoms with Crippen molar-refractivity contribution in [1.29, 1.82) is 0 Å². The van der Waals surface area contributed by atoms with E-state index in [0.29, 0.717) is 10.9 Å². The fourth-order valence-corrected chi connectivity index (χ4v) is 12.8. The van der Waals surface area contributed by atoms with E-state index >= 15 is 0 Å². The zero-order valence-electron chi connectivity index (χ0n) is 12.5. The summed E-state index contributed by atoms with van der Waals surface area (Å²) in [5.41, 5.74) is 0. The summed E-state index contributed by atoms with van der Waals surface area (Å²) in [7, 11) is -5.31. The van der Waals surface area contributed by atoms with Crippen molar-refractivity contribution in [3.8, 4) is 0 Å². The molecule has 0 aromatic carbocycles. The molecule has 5 fully saturated rings. The number of halogens is 4. The normalized spacial score (nSPS) is 61.6. The van der Waals surface area contributed by atoms with Crippen molar-refractivity contribution >= 4 is 29.9 Å². The van der Waals surface area contributed by atoms with Crippen molar-refractivity contribution in [2.45, 2.75) is 35.0 Å². The second-order valence-electron chi connectivity index (χ2n) is 7.68. The Balaban J connectivity index is 0.000000204. The van der Waals surface area contributed by atoms with E-state index in [1.165, 1.54) is 17.8 Å². The molecule has 5 aliphatic rings. The van der Waals surface area contributed by atoms with Gasteiger partial charge in [0.05, 0.1) is 6.26 Å². The van der Waals surface area contributed by atoms with E-state index in [0.717, 1.165) is 26.6 Å². The van der Waals surface area contributed by atoms with Crippen LogP contribution in [-0.2, 0) is 10.9 Å². The van der Waals surface area contributed by atoms with Crippen LogP contribution in [0.25, 0.3) is 0 Å². The molecule has 1 heterocycles. The summed E-state index contributed by atoms with van der Waals surface area (Å²) < 4.78 is 40.5. The number of thioether (sulfide) groups is 1. The van der Waals surface area contributed by atoms with Crippen LogP contribution in [0.4, 0.5) is 17.3 Å². The van der Waals surface area contributed by atoms with Gasteiger partial charge in [0.1, 0.15) is 4.75 Å². The summed E-state index contributed by atoms with van der Waals surface area (Å²) in [6.07, 6.45) is 9.92. The lowest BCUT2D eigenvalue weighted by Crippen LogP contribution is -2.39. The number of fused-ring (bicyclic) bond motifs is 1. The molecule has 1 aliphatic heterocycles. The van der Waals surface area contributed by atoms with E-state index in [4.69, 9.17) is 0 Å². The summed E-state index contributed by atoms with van der Waals surface area (Å²) in [4.78, 5) is 0. The monoisotopic (exact) mass is 340 g/mol. The molecule has 7 heteroatoms. The lowest BCUT2D eigenvalue weighted by atomic mass is 9.78. The molecule has 120 valence electrons. The Bertz CT molecular complexity index is 480. The van der Waals surface area contributed by atoms with Gasteiger partial charge in [0.15, 0.2) is 4.08 Å². The van der Waals surface area contributed by atoms with Gasteiger partial charge in [0, 0.05) is 35.6 Å². The lowest BCUT2D eigenvalue weighted by molar-refractivity contribution is 0.221. The minimum atomic E-state index is -6.00. The SMILES string of the molecule is CSC12CC3C4CC(C)(C5C4CC3C51)[S+]2C.F[B-](F)(F)F. The average molecular weight is 340 g/mol. The Morgan fingerprint density at radius 3 is 2.10 bits per heavy atom. The third kappa shape index (κ3) is 1.63. The van der Waals surface area contributed by atoms with Gasteiger partial charge < -0.3 is 17.3 Å². The van der Waals surface area contributed by atoms with E-state index in [-0.39, 0.29) is 0 Å². The van der Waals surface area contributed by atoms with Crippen LogP contribution in [0, 0.1) is 35.5 Å². The molecule has 21 heavy (non-hydrogen) atoms. The third-order valence-electron chi connectivity index (χ3n) is 7.44. The van der Waals surface area contributed by atoms with Gasteiger partial charge in [-0.25, -0.2) is 0 Å². The second kappa shape index (κ2) is 4.11. The highest BCUT2D eigenvalue weighted by Crippen LogP contribution is 2.84. The van der Waals surface area contributed by atoms with Gasteiger partial charge >= 0.3 is 7.25 Å². The van der Waals surface area contributed by atoms with Crippen molar-refractivity contribution < 1.29 is 17.3 Å². The van der Waals surface area contributed by atoms with Gasteiger partial charge in [-0.05, 0) is 43.3 Å². The molecule has 5 rings (SSSR count). The van der Waals surface area contributed by atoms with E-state index < -0.39 is 7.25 Å². The van der Waals surface area contributed by atoms with Crippen LogP contribution in [0.1, 0.15) is 26.2 Å². The molecule has 9 atom stereocenters. The van der Waals surface area contributed by atoms with Crippen molar-refractivity contribution in [3.05, 3.63) is 0 Å². The van der Waals surface area contributed by atoms with Gasteiger partial charge in [-0.3, -0.25) is 0 Å². The maximum absolute atomic E-state index is 9.75. The quantitative estimate of drug-likeness (QED) is 0.390. The van der Waals surface area contributed by atoms with Gasteiger partial charge in [0.2, 0.25) is 0 Å². The average Bonchev–Trinajstić information content (AvgIpc) is 2.99. The Morgan fingerprint density at radius 2 is 1.52 bits per heavy atom. The maximum atomic E-state index is 9.75. The molecule has 0 spiro atoms. The maximum Gasteiger partial charge on any atom is 0.673 e. The van der Waals surface area contributed by atoms with Crippen molar-refractivity contribution in [2.75, 3.05) is 12.5 Å². The number of hydrogen-bond acceptors (Lipinski definition) is 1. The minimum Gasteiger partial charge on any atom is -0.418 e. The van der Waals surface area contributed by atoms with Gasteiger partial charge in [-0.2, -0.15) is 0 Å². The van der Waals surface area contributed by atoms with Crippen molar-refractivity contribution in [3.63, 3.8) is 0 Å². The zero-order chi connectivity index (χ0) is 15.4. The molecular formula is C14H21BF4S2.